The number of hydrogen-bond acceptors (Lipinski definition) is 8. The van der Waals surface area contributed by atoms with Crippen molar-refractivity contribution in [2.75, 3.05) is 34.0 Å². The maximum atomic E-state index is 13.7. The number of carbonyl (C=O) groups is 3. The molecule has 3 atom stereocenters. The molecular weight excluding hydrogens is 426 g/mol. The van der Waals surface area contributed by atoms with Crippen LogP contribution >= 0.6 is 0 Å². The van der Waals surface area contributed by atoms with Crippen LogP contribution in [0.5, 0.6) is 5.75 Å². The van der Waals surface area contributed by atoms with Crippen molar-refractivity contribution in [1.82, 2.24) is 5.32 Å². The number of ether oxygens (including phenoxy) is 4. The molecule has 0 aromatic heterocycles. The molecule has 33 heavy (non-hydrogen) atoms. The van der Waals surface area contributed by atoms with Crippen LogP contribution in [0.15, 0.2) is 46.8 Å². The zero-order valence-corrected chi connectivity index (χ0v) is 19.7. The fraction of sp³-hybridized carbons (Fsp3) is 0.480. The molecule has 1 aliphatic carbocycles. The number of Topliss-reactive ketones (excluding diaryl/α,β-unsaturated/α-hetero) is 1. The maximum absolute atomic E-state index is 13.7. The van der Waals surface area contributed by atoms with E-state index in [9.17, 15) is 14.4 Å². The van der Waals surface area contributed by atoms with Gasteiger partial charge in [0.15, 0.2) is 5.78 Å². The lowest BCUT2D eigenvalue weighted by Crippen LogP contribution is -2.43. The van der Waals surface area contributed by atoms with Crippen molar-refractivity contribution in [2.45, 2.75) is 33.1 Å². The molecule has 0 saturated heterocycles. The minimum atomic E-state index is -0.933. The Morgan fingerprint density at radius 3 is 2.61 bits per heavy atom. The lowest BCUT2D eigenvalue weighted by atomic mass is 9.69. The first-order chi connectivity index (χ1) is 15.8. The predicted octanol–water partition coefficient (Wildman–Crippen LogP) is 2.89. The van der Waals surface area contributed by atoms with Gasteiger partial charge in [0.05, 0.1) is 25.9 Å². The van der Waals surface area contributed by atoms with E-state index in [2.05, 4.69) is 5.32 Å². The fourth-order valence-corrected chi connectivity index (χ4v) is 4.53. The normalized spacial score (nSPS) is 22.5. The van der Waals surface area contributed by atoms with Gasteiger partial charge >= 0.3 is 11.9 Å². The Kier molecular flexibility index (Phi) is 7.92. The molecule has 0 unspecified atom stereocenters. The molecule has 178 valence electrons. The van der Waals surface area contributed by atoms with Crippen molar-refractivity contribution in [3.63, 3.8) is 0 Å². The monoisotopic (exact) mass is 457 g/mol. The molecule has 3 rings (SSSR count). The van der Waals surface area contributed by atoms with Crippen LogP contribution in [0.4, 0.5) is 0 Å². The highest BCUT2D eigenvalue weighted by atomic mass is 16.6. The quantitative estimate of drug-likeness (QED) is 0.361. The van der Waals surface area contributed by atoms with Gasteiger partial charge in [0.1, 0.15) is 18.3 Å². The number of benzene rings is 1. The van der Waals surface area contributed by atoms with Crippen LogP contribution in [0, 0.1) is 11.8 Å². The molecule has 1 N–H and O–H groups in total. The predicted molar refractivity (Wildman–Crippen MR) is 120 cm³/mol. The topological polar surface area (TPSA) is 100 Å². The van der Waals surface area contributed by atoms with Gasteiger partial charge in [-0.3, -0.25) is 9.59 Å². The SMILES string of the molecule is CCOc1cccc([C@@H]2C(C(=O)OCCOC)=C(C)NC3=C2C(=O)[C@@H](C(=O)OC)[C@@H](C)C3)c1. The third-order valence-electron chi connectivity index (χ3n) is 5.99. The average molecular weight is 458 g/mol. The number of dihydropyridines is 1. The second-order valence-corrected chi connectivity index (χ2v) is 8.17. The standard InChI is InChI=1S/C25H31NO7/c1-6-32-17-9-7-8-16(13-17)21-20(25(29)33-11-10-30-4)15(3)26-18-12-14(2)19(24(28)31-5)23(27)22(18)21/h7-9,13-14,19,21,26H,6,10-12H2,1-5H3/t14-,19-,21+/m0/s1. The smallest absolute Gasteiger partial charge is 0.336 e. The van der Waals surface area contributed by atoms with Crippen molar-refractivity contribution >= 4 is 17.7 Å². The largest absolute Gasteiger partial charge is 0.494 e. The summed E-state index contributed by atoms with van der Waals surface area (Å²) in [5.41, 5.74) is 2.75. The van der Waals surface area contributed by atoms with E-state index in [1.165, 1.54) is 14.2 Å². The lowest BCUT2D eigenvalue weighted by Gasteiger charge is -2.38. The van der Waals surface area contributed by atoms with Crippen LogP contribution in [0.2, 0.25) is 0 Å². The van der Waals surface area contributed by atoms with E-state index in [1.54, 1.807) is 6.92 Å². The van der Waals surface area contributed by atoms with Crippen LogP contribution in [0.3, 0.4) is 0 Å². The zero-order chi connectivity index (χ0) is 24.1. The summed E-state index contributed by atoms with van der Waals surface area (Å²) in [6, 6.07) is 7.30. The molecule has 1 aromatic rings. The zero-order valence-electron chi connectivity index (χ0n) is 19.7. The lowest BCUT2D eigenvalue weighted by molar-refractivity contribution is -0.151. The summed E-state index contributed by atoms with van der Waals surface area (Å²) >= 11 is 0. The minimum Gasteiger partial charge on any atom is -0.494 e. The number of ketones is 1. The Bertz CT molecular complexity index is 994. The van der Waals surface area contributed by atoms with Crippen LogP contribution in [-0.2, 0) is 28.6 Å². The molecule has 0 fully saturated rings. The molecule has 8 heteroatoms. The molecule has 1 aromatic carbocycles. The van der Waals surface area contributed by atoms with E-state index in [-0.39, 0.29) is 24.9 Å². The summed E-state index contributed by atoms with van der Waals surface area (Å²) in [5, 5.41) is 3.24. The summed E-state index contributed by atoms with van der Waals surface area (Å²) in [7, 11) is 2.80. The Morgan fingerprint density at radius 1 is 1.18 bits per heavy atom. The minimum absolute atomic E-state index is 0.0828. The van der Waals surface area contributed by atoms with E-state index < -0.39 is 23.8 Å². The Morgan fingerprint density at radius 2 is 1.94 bits per heavy atom. The molecule has 0 spiro atoms. The highest BCUT2D eigenvalue weighted by molar-refractivity contribution is 6.12. The Labute approximate surface area is 193 Å². The number of allylic oxidation sites excluding steroid dienone is 3. The van der Waals surface area contributed by atoms with Gasteiger partial charge in [0.25, 0.3) is 0 Å². The highest BCUT2D eigenvalue weighted by Gasteiger charge is 2.47. The highest BCUT2D eigenvalue weighted by Crippen LogP contribution is 2.45. The van der Waals surface area contributed by atoms with Crippen molar-refractivity contribution in [3.05, 3.63) is 52.4 Å². The first-order valence-corrected chi connectivity index (χ1v) is 11.1. The molecule has 0 radical (unpaired) electrons. The molecule has 1 aliphatic heterocycles. The number of esters is 2. The van der Waals surface area contributed by atoms with E-state index in [0.717, 1.165) is 0 Å². The van der Waals surface area contributed by atoms with Crippen molar-refractivity contribution < 1.29 is 33.3 Å². The molecule has 0 saturated carbocycles. The van der Waals surface area contributed by atoms with Crippen molar-refractivity contribution in [1.29, 1.82) is 0 Å². The molecular formula is C25H31NO7. The maximum Gasteiger partial charge on any atom is 0.336 e. The van der Waals surface area contributed by atoms with E-state index in [0.29, 0.717) is 46.9 Å². The van der Waals surface area contributed by atoms with E-state index in [4.69, 9.17) is 18.9 Å². The Balaban J connectivity index is 2.13. The second kappa shape index (κ2) is 10.7. The van der Waals surface area contributed by atoms with Crippen LogP contribution in [0.1, 0.15) is 38.7 Å². The summed E-state index contributed by atoms with van der Waals surface area (Å²) in [6.45, 7) is 6.34. The molecule has 1 heterocycles. The number of methoxy groups -OCH3 is 2. The van der Waals surface area contributed by atoms with Gasteiger partial charge in [0, 0.05) is 30.0 Å². The summed E-state index contributed by atoms with van der Waals surface area (Å²) in [4.78, 5) is 39.3. The Hall–Kier alpha value is -3.13. The van der Waals surface area contributed by atoms with Gasteiger partial charge in [-0.2, -0.15) is 0 Å². The van der Waals surface area contributed by atoms with Crippen molar-refractivity contribution in [3.8, 4) is 5.75 Å². The van der Waals surface area contributed by atoms with Gasteiger partial charge in [0.2, 0.25) is 0 Å². The van der Waals surface area contributed by atoms with Crippen LogP contribution < -0.4 is 10.1 Å². The second-order valence-electron chi connectivity index (χ2n) is 8.17. The number of hydrogen-bond donors (Lipinski definition) is 1. The third-order valence-corrected chi connectivity index (χ3v) is 5.99. The third kappa shape index (κ3) is 4.95. The summed E-state index contributed by atoms with van der Waals surface area (Å²) in [5.74, 6) is -2.71. The molecule has 8 nitrogen and oxygen atoms in total. The van der Waals surface area contributed by atoms with Crippen molar-refractivity contribution in [2.24, 2.45) is 11.8 Å². The van der Waals surface area contributed by atoms with Gasteiger partial charge < -0.3 is 24.3 Å². The number of rotatable bonds is 8. The van der Waals surface area contributed by atoms with Crippen LogP contribution in [0.25, 0.3) is 0 Å². The molecule has 2 aliphatic rings. The summed E-state index contributed by atoms with van der Waals surface area (Å²) < 4.78 is 21.0. The number of carbonyl (C=O) groups excluding carboxylic acids is 3. The first-order valence-electron chi connectivity index (χ1n) is 11.1. The van der Waals surface area contributed by atoms with E-state index >= 15 is 0 Å². The fourth-order valence-electron chi connectivity index (χ4n) is 4.53. The van der Waals surface area contributed by atoms with Gasteiger partial charge in [-0.1, -0.05) is 19.1 Å². The molecule has 0 amide bonds. The van der Waals surface area contributed by atoms with E-state index in [1.807, 2.05) is 38.1 Å². The van der Waals surface area contributed by atoms with Gasteiger partial charge in [-0.05, 0) is 43.9 Å². The van der Waals surface area contributed by atoms with Gasteiger partial charge in [-0.15, -0.1) is 0 Å². The van der Waals surface area contributed by atoms with Crippen LogP contribution in [-0.4, -0.2) is 51.8 Å². The average Bonchev–Trinajstić information content (AvgIpc) is 2.78. The number of nitrogens with one attached hydrogen (secondary N) is 1. The first kappa shape index (κ1) is 24.5. The van der Waals surface area contributed by atoms with Gasteiger partial charge in [-0.25, -0.2) is 4.79 Å². The molecule has 0 bridgehead atoms. The summed E-state index contributed by atoms with van der Waals surface area (Å²) in [6.07, 6.45) is 0.478.